The van der Waals surface area contributed by atoms with Crippen molar-refractivity contribution in [3.8, 4) is 11.9 Å². The maximum absolute atomic E-state index is 11.6. The van der Waals surface area contributed by atoms with E-state index in [0.717, 1.165) is 11.5 Å². The SMILES string of the molecule is CN(C)C(=O)Nc1snc(OCCCCC#N)c1C(=O)O. The van der Waals surface area contributed by atoms with Crippen molar-refractivity contribution in [1.82, 2.24) is 9.27 Å². The van der Waals surface area contributed by atoms with Crippen LogP contribution in [-0.4, -0.2) is 47.1 Å². The van der Waals surface area contributed by atoms with Crippen LogP contribution >= 0.6 is 11.5 Å². The molecular weight excluding hydrogens is 296 g/mol. The minimum Gasteiger partial charge on any atom is -0.477 e. The van der Waals surface area contributed by atoms with E-state index in [1.165, 1.54) is 4.90 Å². The van der Waals surface area contributed by atoms with Crippen LogP contribution in [0.1, 0.15) is 29.6 Å². The zero-order chi connectivity index (χ0) is 15.8. The minimum atomic E-state index is -1.22. The number of anilines is 1. The summed E-state index contributed by atoms with van der Waals surface area (Å²) in [4.78, 5) is 24.1. The van der Waals surface area contributed by atoms with Gasteiger partial charge >= 0.3 is 12.0 Å². The molecule has 0 spiro atoms. The number of nitriles is 1. The molecule has 0 radical (unpaired) electrons. The van der Waals surface area contributed by atoms with Crippen LogP contribution in [0.2, 0.25) is 0 Å². The molecule has 2 amide bonds. The summed E-state index contributed by atoms with van der Waals surface area (Å²) in [5.41, 5.74) is -0.157. The second-order valence-electron chi connectivity index (χ2n) is 4.29. The second kappa shape index (κ2) is 8.06. The van der Waals surface area contributed by atoms with Gasteiger partial charge in [0.25, 0.3) is 0 Å². The molecule has 1 aromatic rings. The summed E-state index contributed by atoms with van der Waals surface area (Å²) in [5, 5.41) is 20.2. The number of hydrogen-bond donors (Lipinski definition) is 2. The topological polar surface area (TPSA) is 116 Å². The maximum Gasteiger partial charge on any atom is 0.344 e. The number of aromatic nitrogens is 1. The summed E-state index contributed by atoms with van der Waals surface area (Å²) >= 11 is 0.852. The lowest BCUT2D eigenvalue weighted by molar-refractivity contribution is 0.0693. The van der Waals surface area contributed by atoms with Crippen molar-refractivity contribution in [2.45, 2.75) is 19.3 Å². The standard InChI is InChI=1S/C12H16N4O4S/c1-16(2)12(19)14-10-8(11(17)18)9(15-21-10)20-7-5-3-4-6-13/h3-5,7H2,1-2H3,(H,14,19)(H,17,18). The molecule has 0 atom stereocenters. The van der Waals surface area contributed by atoms with E-state index in [9.17, 15) is 14.7 Å². The van der Waals surface area contributed by atoms with E-state index in [4.69, 9.17) is 10.00 Å². The highest BCUT2D eigenvalue weighted by atomic mass is 32.1. The predicted molar refractivity (Wildman–Crippen MR) is 76.7 cm³/mol. The normalized spacial score (nSPS) is 9.76. The minimum absolute atomic E-state index is 0.0153. The lowest BCUT2D eigenvalue weighted by atomic mass is 10.2. The molecule has 0 aliphatic rings. The molecule has 1 rings (SSSR count). The number of nitrogens with zero attached hydrogens (tertiary/aromatic N) is 3. The van der Waals surface area contributed by atoms with Crippen LogP contribution in [0.3, 0.4) is 0 Å². The molecule has 1 aromatic heterocycles. The van der Waals surface area contributed by atoms with Crippen LogP contribution in [0, 0.1) is 11.3 Å². The molecule has 0 aliphatic carbocycles. The lowest BCUT2D eigenvalue weighted by Crippen LogP contribution is -2.27. The molecule has 0 saturated heterocycles. The fraction of sp³-hybridized carbons (Fsp3) is 0.500. The highest BCUT2D eigenvalue weighted by Gasteiger charge is 2.23. The Kier molecular flexibility index (Phi) is 6.42. The smallest absolute Gasteiger partial charge is 0.344 e. The molecule has 0 bridgehead atoms. The Morgan fingerprint density at radius 1 is 1.48 bits per heavy atom. The predicted octanol–water partition coefficient (Wildman–Crippen LogP) is 2.01. The summed E-state index contributed by atoms with van der Waals surface area (Å²) in [6.07, 6.45) is 1.73. The molecule has 8 nitrogen and oxygen atoms in total. The summed E-state index contributed by atoms with van der Waals surface area (Å²) in [5.74, 6) is -1.23. The molecule has 1 heterocycles. The highest BCUT2D eigenvalue weighted by molar-refractivity contribution is 7.11. The number of carboxylic acids is 1. The third kappa shape index (κ3) is 4.92. The van der Waals surface area contributed by atoms with Crippen molar-refractivity contribution in [1.29, 1.82) is 5.26 Å². The summed E-state index contributed by atoms with van der Waals surface area (Å²) in [7, 11) is 3.09. The number of urea groups is 1. The average Bonchev–Trinajstić information content (AvgIpc) is 2.81. The third-order valence-electron chi connectivity index (χ3n) is 2.42. The molecule has 0 unspecified atom stereocenters. The number of carboxylic acid groups (broad SMARTS) is 1. The number of carbonyl (C=O) groups is 2. The van der Waals surface area contributed by atoms with Gasteiger partial charge in [0.2, 0.25) is 5.88 Å². The average molecular weight is 312 g/mol. The molecule has 21 heavy (non-hydrogen) atoms. The van der Waals surface area contributed by atoms with E-state index in [1.807, 2.05) is 6.07 Å². The number of ether oxygens (including phenoxy) is 1. The third-order valence-corrected chi connectivity index (χ3v) is 3.17. The number of nitrogens with one attached hydrogen (secondary N) is 1. The fourth-order valence-corrected chi connectivity index (χ4v) is 2.05. The summed E-state index contributed by atoms with van der Waals surface area (Å²) < 4.78 is 9.22. The first kappa shape index (κ1) is 16.7. The summed E-state index contributed by atoms with van der Waals surface area (Å²) in [6.45, 7) is 0.271. The van der Waals surface area contributed by atoms with Crippen LogP contribution in [-0.2, 0) is 0 Å². The van der Waals surface area contributed by atoms with Crippen LogP contribution in [0.15, 0.2) is 0 Å². The van der Waals surface area contributed by atoms with Gasteiger partial charge in [-0.15, -0.1) is 0 Å². The molecular formula is C12H16N4O4S. The Balaban J connectivity index is 2.73. The number of carbonyl (C=O) groups excluding carboxylic acids is 1. The van der Waals surface area contributed by atoms with Crippen molar-refractivity contribution < 1.29 is 19.4 Å². The second-order valence-corrected chi connectivity index (χ2v) is 5.06. The monoisotopic (exact) mass is 312 g/mol. The maximum atomic E-state index is 11.6. The Morgan fingerprint density at radius 2 is 2.19 bits per heavy atom. The molecule has 0 aromatic carbocycles. The Morgan fingerprint density at radius 3 is 2.76 bits per heavy atom. The van der Waals surface area contributed by atoms with Crippen molar-refractivity contribution in [2.24, 2.45) is 0 Å². The van der Waals surface area contributed by atoms with Gasteiger partial charge < -0.3 is 14.7 Å². The van der Waals surface area contributed by atoms with Crippen molar-refractivity contribution in [3.63, 3.8) is 0 Å². The number of hydrogen-bond acceptors (Lipinski definition) is 6. The van der Waals surface area contributed by atoms with Crippen LogP contribution in [0.5, 0.6) is 5.88 Å². The van der Waals surface area contributed by atoms with Gasteiger partial charge in [-0.25, -0.2) is 9.59 Å². The molecule has 2 N–H and O–H groups in total. The van der Waals surface area contributed by atoms with E-state index >= 15 is 0 Å². The van der Waals surface area contributed by atoms with E-state index in [-0.39, 0.29) is 23.1 Å². The van der Waals surface area contributed by atoms with Gasteiger partial charge in [0, 0.05) is 20.5 Å². The Bertz CT molecular complexity index is 550. The molecule has 9 heteroatoms. The van der Waals surface area contributed by atoms with Crippen molar-refractivity contribution >= 4 is 28.5 Å². The number of rotatable bonds is 7. The number of amides is 2. The van der Waals surface area contributed by atoms with Crippen LogP contribution in [0.25, 0.3) is 0 Å². The van der Waals surface area contributed by atoms with Crippen molar-refractivity contribution in [3.05, 3.63) is 5.56 Å². The van der Waals surface area contributed by atoms with Crippen LogP contribution < -0.4 is 10.1 Å². The quantitative estimate of drug-likeness (QED) is 0.744. The largest absolute Gasteiger partial charge is 0.477 e. The molecule has 114 valence electrons. The summed E-state index contributed by atoms with van der Waals surface area (Å²) in [6, 6.07) is 1.57. The van der Waals surface area contributed by atoms with Gasteiger partial charge in [0.05, 0.1) is 12.7 Å². The molecule has 0 aliphatic heterocycles. The van der Waals surface area contributed by atoms with Crippen molar-refractivity contribution in [2.75, 3.05) is 26.0 Å². The van der Waals surface area contributed by atoms with Gasteiger partial charge in [-0.2, -0.15) is 9.64 Å². The Hall–Kier alpha value is -2.34. The van der Waals surface area contributed by atoms with Gasteiger partial charge in [-0.3, -0.25) is 5.32 Å². The fourth-order valence-electron chi connectivity index (χ4n) is 1.33. The van der Waals surface area contributed by atoms with Gasteiger partial charge in [-0.1, -0.05) is 0 Å². The van der Waals surface area contributed by atoms with E-state index in [2.05, 4.69) is 9.69 Å². The zero-order valence-corrected chi connectivity index (χ0v) is 12.6. The van der Waals surface area contributed by atoms with Gasteiger partial charge in [-0.05, 0) is 24.4 Å². The van der Waals surface area contributed by atoms with Gasteiger partial charge in [0.1, 0.15) is 5.00 Å². The number of aromatic carboxylic acids is 1. The van der Waals surface area contributed by atoms with Gasteiger partial charge in [0.15, 0.2) is 5.56 Å². The Labute approximate surface area is 126 Å². The zero-order valence-electron chi connectivity index (χ0n) is 11.8. The van der Waals surface area contributed by atoms with Crippen LogP contribution in [0.4, 0.5) is 9.80 Å². The lowest BCUT2D eigenvalue weighted by Gasteiger charge is -2.10. The van der Waals surface area contributed by atoms with E-state index < -0.39 is 12.0 Å². The number of unbranched alkanes of at least 4 members (excludes halogenated alkanes) is 2. The molecule has 0 saturated carbocycles. The first-order valence-electron chi connectivity index (χ1n) is 6.18. The highest BCUT2D eigenvalue weighted by Crippen LogP contribution is 2.30. The molecule has 0 fully saturated rings. The van der Waals surface area contributed by atoms with E-state index in [0.29, 0.717) is 19.3 Å². The first-order chi connectivity index (χ1) is 9.97. The van der Waals surface area contributed by atoms with E-state index in [1.54, 1.807) is 14.1 Å². The first-order valence-corrected chi connectivity index (χ1v) is 6.95.